The van der Waals surface area contributed by atoms with Crippen LogP contribution >= 0.6 is 0 Å². The third-order valence-corrected chi connectivity index (χ3v) is 4.51. The van der Waals surface area contributed by atoms with Crippen LogP contribution in [0.5, 0.6) is 0 Å². The van der Waals surface area contributed by atoms with Gasteiger partial charge < -0.3 is 10.8 Å². The van der Waals surface area contributed by atoms with Gasteiger partial charge in [0.1, 0.15) is 5.76 Å². The van der Waals surface area contributed by atoms with Crippen LogP contribution in [0.1, 0.15) is 32.3 Å². The number of Topliss-reactive ketones (excluding diaryl/α,β-unsaturated/α-hetero) is 1. The summed E-state index contributed by atoms with van der Waals surface area (Å²) in [6, 6.07) is 16.8. The maximum absolute atomic E-state index is 12.8. The van der Waals surface area contributed by atoms with Gasteiger partial charge in [-0.05, 0) is 41.7 Å². The Morgan fingerprint density at radius 1 is 1.08 bits per heavy atom. The van der Waals surface area contributed by atoms with Crippen LogP contribution in [0.25, 0.3) is 0 Å². The summed E-state index contributed by atoms with van der Waals surface area (Å²) >= 11 is 0. The van der Waals surface area contributed by atoms with E-state index in [2.05, 4.69) is 18.8 Å². The first-order chi connectivity index (χ1) is 12.3. The number of nitrogens with zero attached hydrogens (tertiary/aromatic N) is 1. The highest BCUT2D eigenvalue weighted by atomic mass is 16.3. The van der Waals surface area contributed by atoms with Gasteiger partial charge >= 0.3 is 0 Å². The minimum Gasteiger partial charge on any atom is -0.511 e. The molecule has 0 saturated heterocycles. The summed E-state index contributed by atoms with van der Waals surface area (Å²) in [5, 5.41) is 10.7. The van der Waals surface area contributed by atoms with Gasteiger partial charge in [-0.25, -0.2) is 0 Å². The molecule has 0 unspecified atom stereocenters. The van der Waals surface area contributed by atoms with E-state index < -0.39 is 0 Å². The van der Waals surface area contributed by atoms with Crippen molar-refractivity contribution in [1.29, 1.82) is 0 Å². The number of aliphatic imine (C=N–C) groups is 1. The molecule has 1 aliphatic rings. The molecule has 0 radical (unpaired) electrons. The second-order valence-corrected chi connectivity index (χ2v) is 7.58. The minimum absolute atomic E-state index is 0.0520. The first-order valence-corrected chi connectivity index (χ1v) is 8.77. The van der Waals surface area contributed by atoms with Crippen molar-refractivity contribution in [3.63, 3.8) is 0 Å². The predicted molar refractivity (Wildman–Crippen MR) is 106 cm³/mol. The third kappa shape index (κ3) is 4.20. The predicted octanol–water partition coefficient (Wildman–Crippen LogP) is 4.79. The van der Waals surface area contributed by atoms with Crippen molar-refractivity contribution in [1.82, 2.24) is 0 Å². The molecule has 1 aliphatic carbocycles. The molecule has 0 spiro atoms. The number of anilines is 1. The van der Waals surface area contributed by atoms with Gasteiger partial charge in [-0.3, -0.25) is 9.79 Å². The van der Waals surface area contributed by atoms with E-state index in [1.54, 1.807) is 12.1 Å². The van der Waals surface area contributed by atoms with Crippen LogP contribution < -0.4 is 5.73 Å². The van der Waals surface area contributed by atoms with E-state index in [0.717, 1.165) is 11.3 Å². The lowest BCUT2D eigenvalue weighted by Crippen LogP contribution is -2.32. The van der Waals surface area contributed by atoms with Gasteiger partial charge in [0.15, 0.2) is 5.78 Å². The standard InChI is InChI=1S/C22H24N2O2/c1-22(2)13-18(24-17-10-8-16(23)9-11-17)21(20(26)14-22)19(25)12-15-6-4-3-5-7-15/h3-11,25H,12-14,23H2,1-2H3. The van der Waals surface area contributed by atoms with Gasteiger partial charge in [-0.1, -0.05) is 44.2 Å². The van der Waals surface area contributed by atoms with Gasteiger partial charge in [-0.2, -0.15) is 0 Å². The largest absolute Gasteiger partial charge is 0.511 e. The Morgan fingerprint density at radius 3 is 2.38 bits per heavy atom. The highest BCUT2D eigenvalue weighted by Crippen LogP contribution is 2.36. The number of benzene rings is 2. The zero-order valence-electron chi connectivity index (χ0n) is 15.2. The normalized spacial score (nSPS) is 20.2. The van der Waals surface area contributed by atoms with Crippen molar-refractivity contribution in [2.45, 2.75) is 33.1 Å². The number of carbonyl (C=O) groups excluding carboxylic acids is 1. The highest BCUT2D eigenvalue weighted by Gasteiger charge is 2.36. The van der Waals surface area contributed by atoms with Crippen molar-refractivity contribution < 1.29 is 9.90 Å². The molecule has 26 heavy (non-hydrogen) atoms. The van der Waals surface area contributed by atoms with Crippen LogP contribution in [0.2, 0.25) is 0 Å². The molecule has 0 atom stereocenters. The number of aliphatic hydroxyl groups is 1. The molecule has 1 saturated carbocycles. The first kappa shape index (κ1) is 17.9. The van der Waals surface area contributed by atoms with E-state index in [1.807, 2.05) is 42.5 Å². The molecule has 134 valence electrons. The number of rotatable bonds is 3. The lowest BCUT2D eigenvalue weighted by atomic mass is 9.73. The summed E-state index contributed by atoms with van der Waals surface area (Å²) < 4.78 is 0. The fourth-order valence-corrected chi connectivity index (χ4v) is 3.29. The van der Waals surface area contributed by atoms with Crippen molar-refractivity contribution in [3.05, 3.63) is 71.5 Å². The zero-order valence-corrected chi connectivity index (χ0v) is 15.2. The van der Waals surface area contributed by atoms with E-state index in [-0.39, 0.29) is 17.0 Å². The Morgan fingerprint density at radius 2 is 1.73 bits per heavy atom. The highest BCUT2D eigenvalue weighted by molar-refractivity contribution is 6.25. The van der Waals surface area contributed by atoms with Crippen LogP contribution in [0.3, 0.4) is 0 Å². The number of ketones is 1. The molecule has 0 heterocycles. The maximum Gasteiger partial charge on any atom is 0.168 e. The summed E-state index contributed by atoms with van der Waals surface area (Å²) in [5.74, 6) is 0.0368. The second kappa shape index (κ2) is 7.16. The fourth-order valence-electron chi connectivity index (χ4n) is 3.29. The number of hydrogen-bond donors (Lipinski definition) is 2. The summed E-state index contributed by atoms with van der Waals surface area (Å²) in [6.45, 7) is 4.10. The Bertz CT molecular complexity index is 863. The van der Waals surface area contributed by atoms with Crippen molar-refractivity contribution in [3.8, 4) is 0 Å². The molecule has 0 bridgehead atoms. The molecular weight excluding hydrogens is 324 g/mol. The second-order valence-electron chi connectivity index (χ2n) is 7.58. The SMILES string of the molecule is CC1(C)CC(=O)C(=C(O)Cc2ccccc2)C(=Nc2ccc(N)cc2)C1. The lowest BCUT2D eigenvalue weighted by Gasteiger charge is -2.31. The Balaban J connectivity index is 2.02. The number of aliphatic hydroxyl groups excluding tert-OH is 1. The van der Waals surface area contributed by atoms with E-state index in [0.29, 0.717) is 36.2 Å². The molecule has 4 nitrogen and oxygen atoms in total. The summed E-state index contributed by atoms with van der Waals surface area (Å²) in [5.41, 5.74) is 8.91. The fraction of sp³-hybridized carbons (Fsp3) is 0.273. The van der Waals surface area contributed by atoms with Gasteiger partial charge in [-0.15, -0.1) is 0 Å². The monoisotopic (exact) mass is 348 g/mol. The topological polar surface area (TPSA) is 75.7 Å². The number of carbonyl (C=O) groups is 1. The molecule has 3 rings (SSSR count). The Kier molecular flexibility index (Phi) is 4.94. The molecule has 0 amide bonds. The maximum atomic E-state index is 12.8. The minimum atomic E-state index is -0.180. The molecule has 0 aliphatic heterocycles. The van der Waals surface area contributed by atoms with Crippen LogP contribution in [0.4, 0.5) is 11.4 Å². The van der Waals surface area contributed by atoms with Gasteiger partial charge in [0.2, 0.25) is 0 Å². The number of hydrogen-bond acceptors (Lipinski definition) is 4. The summed E-state index contributed by atoms with van der Waals surface area (Å²) in [6.07, 6.45) is 1.36. The Hall–Kier alpha value is -2.88. The molecule has 1 fully saturated rings. The molecule has 4 heteroatoms. The van der Waals surface area contributed by atoms with Crippen LogP contribution in [-0.4, -0.2) is 16.6 Å². The van der Waals surface area contributed by atoms with E-state index in [1.165, 1.54) is 0 Å². The number of allylic oxidation sites excluding steroid dienone is 2. The average molecular weight is 348 g/mol. The van der Waals surface area contributed by atoms with E-state index in [4.69, 9.17) is 5.73 Å². The molecular formula is C22H24N2O2. The van der Waals surface area contributed by atoms with Crippen molar-refractivity contribution in [2.75, 3.05) is 5.73 Å². The van der Waals surface area contributed by atoms with Crippen molar-refractivity contribution in [2.24, 2.45) is 10.4 Å². The van der Waals surface area contributed by atoms with Crippen LogP contribution in [-0.2, 0) is 11.2 Å². The summed E-state index contributed by atoms with van der Waals surface area (Å²) in [4.78, 5) is 17.4. The van der Waals surface area contributed by atoms with Gasteiger partial charge in [0.05, 0.1) is 17.0 Å². The van der Waals surface area contributed by atoms with Crippen molar-refractivity contribution >= 4 is 22.9 Å². The third-order valence-electron chi connectivity index (χ3n) is 4.51. The average Bonchev–Trinajstić information content (AvgIpc) is 2.56. The molecule has 2 aromatic rings. The first-order valence-electron chi connectivity index (χ1n) is 8.77. The van der Waals surface area contributed by atoms with Crippen LogP contribution in [0.15, 0.2) is 70.9 Å². The smallest absolute Gasteiger partial charge is 0.168 e. The zero-order chi connectivity index (χ0) is 18.7. The summed E-state index contributed by atoms with van der Waals surface area (Å²) in [7, 11) is 0. The molecule has 0 aromatic heterocycles. The molecule has 2 aromatic carbocycles. The number of nitrogens with two attached hydrogens (primary N) is 1. The Labute approximate surface area is 154 Å². The van der Waals surface area contributed by atoms with E-state index in [9.17, 15) is 9.90 Å². The van der Waals surface area contributed by atoms with E-state index >= 15 is 0 Å². The van der Waals surface area contributed by atoms with Gasteiger partial charge in [0, 0.05) is 18.5 Å². The quantitative estimate of drug-likeness (QED) is 0.476. The molecule has 3 N–H and O–H groups in total. The van der Waals surface area contributed by atoms with Gasteiger partial charge in [0.25, 0.3) is 0 Å². The lowest BCUT2D eigenvalue weighted by molar-refractivity contribution is -0.117. The van der Waals surface area contributed by atoms with Crippen LogP contribution in [0, 0.1) is 5.41 Å². The number of nitrogen functional groups attached to an aromatic ring is 1.